The Balaban J connectivity index is 2.46. The van der Waals surface area contributed by atoms with Crippen LogP contribution in [0.4, 0.5) is 5.82 Å². The molecule has 1 aromatic heterocycles. The van der Waals surface area contributed by atoms with Crippen molar-refractivity contribution >= 4 is 24.3 Å². The average molecular weight is 323 g/mol. The lowest BCUT2D eigenvalue weighted by Crippen LogP contribution is -2.29. The normalized spacial score (nSPS) is 10.4. The number of anilines is 1. The van der Waals surface area contributed by atoms with E-state index in [1.165, 1.54) is 9.13 Å². The van der Waals surface area contributed by atoms with E-state index in [1.807, 2.05) is 24.3 Å². The first-order chi connectivity index (χ1) is 11.1. The van der Waals surface area contributed by atoms with Crippen LogP contribution in [-0.2, 0) is 0 Å². The fourth-order valence-corrected chi connectivity index (χ4v) is 2.77. The van der Waals surface area contributed by atoms with Crippen molar-refractivity contribution in [1.29, 1.82) is 0 Å². The second kappa shape index (κ2) is 6.02. The highest BCUT2D eigenvalue weighted by Gasteiger charge is 2.16. The van der Waals surface area contributed by atoms with Crippen LogP contribution in [0.1, 0.15) is 10.4 Å². The molecule has 0 aliphatic carbocycles. The number of nitrogens with zero attached hydrogens (tertiary/aromatic N) is 2. The standard InChI is InChI=1S/C17H13N3O2S/c18-15-14(11-21)16(22)20(13-9-5-2-6-10-13)17(23)19(15)12-7-3-1-4-8-12/h1-11H,18H2. The van der Waals surface area contributed by atoms with Crippen LogP contribution < -0.4 is 11.3 Å². The van der Waals surface area contributed by atoms with E-state index in [9.17, 15) is 9.59 Å². The highest BCUT2D eigenvalue weighted by molar-refractivity contribution is 7.71. The largest absolute Gasteiger partial charge is 0.384 e. The van der Waals surface area contributed by atoms with Crippen LogP contribution in [0.2, 0.25) is 0 Å². The predicted octanol–water partition coefficient (Wildman–Crippen LogP) is 2.75. The molecule has 0 saturated carbocycles. The molecule has 2 N–H and O–H groups in total. The third-order valence-electron chi connectivity index (χ3n) is 3.48. The minimum absolute atomic E-state index is 0.0355. The molecule has 2 aromatic carbocycles. The average Bonchev–Trinajstić information content (AvgIpc) is 2.57. The number of nitrogens with two attached hydrogens (primary N) is 1. The molecule has 114 valence electrons. The lowest BCUT2D eigenvalue weighted by Gasteiger charge is -2.16. The Bertz CT molecular complexity index is 976. The molecule has 0 aliphatic rings. The van der Waals surface area contributed by atoms with Crippen LogP contribution in [-0.4, -0.2) is 15.4 Å². The summed E-state index contributed by atoms with van der Waals surface area (Å²) in [5, 5.41) is 0. The molecule has 3 rings (SSSR count). The first kappa shape index (κ1) is 14.9. The van der Waals surface area contributed by atoms with Crippen LogP contribution in [0.3, 0.4) is 0 Å². The second-order valence-electron chi connectivity index (χ2n) is 4.85. The Morgan fingerprint density at radius 1 is 0.870 bits per heavy atom. The molecular weight excluding hydrogens is 310 g/mol. The Morgan fingerprint density at radius 2 is 1.35 bits per heavy atom. The Hall–Kier alpha value is -2.99. The van der Waals surface area contributed by atoms with Gasteiger partial charge in [0.25, 0.3) is 5.56 Å². The van der Waals surface area contributed by atoms with Gasteiger partial charge in [0.15, 0.2) is 11.1 Å². The summed E-state index contributed by atoms with van der Waals surface area (Å²) in [5.41, 5.74) is 6.64. The Labute approximate surface area is 137 Å². The van der Waals surface area contributed by atoms with Crippen molar-refractivity contribution in [2.24, 2.45) is 0 Å². The third-order valence-corrected chi connectivity index (χ3v) is 3.84. The monoisotopic (exact) mass is 323 g/mol. The number of hydrogen-bond acceptors (Lipinski definition) is 4. The first-order valence-electron chi connectivity index (χ1n) is 6.88. The van der Waals surface area contributed by atoms with Gasteiger partial charge in [-0.2, -0.15) is 0 Å². The van der Waals surface area contributed by atoms with Gasteiger partial charge in [0.1, 0.15) is 11.4 Å². The predicted molar refractivity (Wildman–Crippen MR) is 92.0 cm³/mol. The molecule has 0 spiro atoms. The second-order valence-corrected chi connectivity index (χ2v) is 5.21. The smallest absolute Gasteiger partial charge is 0.271 e. The number of benzene rings is 2. The van der Waals surface area contributed by atoms with Crippen LogP contribution in [0.25, 0.3) is 11.4 Å². The molecule has 0 bridgehead atoms. The van der Waals surface area contributed by atoms with Crippen molar-refractivity contribution in [1.82, 2.24) is 9.13 Å². The molecular formula is C17H13N3O2S. The van der Waals surface area contributed by atoms with E-state index < -0.39 is 5.56 Å². The van der Waals surface area contributed by atoms with Crippen LogP contribution in [0, 0.1) is 4.77 Å². The van der Waals surface area contributed by atoms with E-state index in [4.69, 9.17) is 18.0 Å². The molecule has 1 heterocycles. The lowest BCUT2D eigenvalue weighted by atomic mass is 10.2. The molecule has 0 amide bonds. The zero-order valence-corrected chi connectivity index (χ0v) is 12.9. The maximum atomic E-state index is 12.6. The summed E-state index contributed by atoms with van der Waals surface area (Å²) in [6, 6.07) is 18.0. The Kier molecular flexibility index (Phi) is 3.91. The highest BCUT2D eigenvalue weighted by atomic mass is 32.1. The summed E-state index contributed by atoms with van der Waals surface area (Å²) in [6.45, 7) is 0. The number of carbonyl (C=O) groups excluding carboxylic acids is 1. The van der Waals surface area contributed by atoms with E-state index in [-0.39, 0.29) is 16.2 Å². The zero-order chi connectivity index (χ0) is 16.4. The summed E-state index contributed by atoms with van der Waals surface area (Å²) in [5.74, 6) is 0.0355. The van der Waals surface area contributed by atoms with E-state index in [0.29, 0.717) is 17.7 Å². The van der Waals surface area contributed by atoms with Crippen LogP contribution >= 0.6 is 12.2 Å². The molecule has 0 unspecified atom stereocenters. The number of carbonyl (C=O) groups is 1. The van der Waals surface area contributed by atoms with Crippen LogP contribution in [0.15, 0.2) is 65.5 Å². The van der Waals surface area contributed by atoms with Crippen molar-refractivity contribution in [2.45, 2.75) is 0 Å². The van der Waals surface area contributed by atoms with Gasteiger partial charge >= 0.3 is 0 Å². The summed E-state index contributed by atoms with van der Waals surface area (Å²) < 4.78 is 3.03. The van der Waals surface area contributed by atoms with Gasteiger partial charge in [0, 0.05) is 5.69 Å². The number of rotatable bonds is 3. The van der Waals surface area contributed by atoms with Crippen molar-refractivity contribution < 1.29 is 4.79 Å². The van der Waals surface area contributed by atoms with Crippen LogP contribution in [0.5, 0.6) is 0 Å². The maximum Gasteiger partial charge on any atom is 0.271 e. The minimum Gasteiger partial charge on any atom is -0.384 e. The first-order valence-corrected chi connectivity index (χ1v) is 7.29. The molecule has 0 fully saturated rings. The summed E-state index contributed by atoms with van der Waals surface area (Å²) in [7, 11) is 0. The number of aldehydes is 1. The quantitative estimate of drug-likeness (QED) is 0.594. The van der Waals surface area contributed by atoms with Gasteiger partial charge in [-0.1, -0.05) is 36.4 Å². The van der Waals surface area contributed by atoms with Gasteiger partial charge in [-0.25, -0.2) is 0 Å². The van der Waals surface area contributed by atoms with Gasteiger partial charge in [0.2, 0.25) is 0 Å². The summed E-state index contributed by atoms with van der Waals surface area (Å²) >= 11 is 5.47. The topological polar surface area (TPSA) is 70.0 Å². The van der Waals surface area contributed by atoms with Crippen molar-refractivity contribution in [2.75, 3.05) is 5.73 Å². The van der Waals surface area contributed by atoms with E-state index in [1.54, 1.807) is 36.4 Å². The fourth-order valence-electron chi connectivity index (χ4n) is 2.38. The maximum absolute atomic E-state index is 12.6. The van der Waals surface area contributed by atoms with Gasteiger partial charge in [-0.05, 0) is 36.5 Å². The lowest BCUT2D eigenvalue weighted by molar-refractivity contribution is 0.112. The number of aromatic nitrogens is 2. The molecule has 0 aliphatic heterocycles. The van der Waals surface area contributed by atoms with Crippen molar-refractivity contribution in [3.8, 4) is 11.4 Å². The van der Waals surface area contributed by atoms with E-state index >= 15 is 0 Å². The number of para-hydroxylation sites is 2. The van der Waals surface area contributed by atoms with E-state index in [0.717, 1.165) is 0 Å². The van der Waals surface area contributed by atoms with Gasteiger partial charge < -0.3 is 5.73 Å². The third kappa shape index (κ3) is 2.49. The Morgan fingerprint density at radius 3 is 1.83 bits per heavy atom. The minimum atomic E-state index is -0.527. The van der Waals surface area contributed by atoms with Gasteiger partial charge in [-0.15, -0.1) is 0 Å². The molecule has 3 aromatic rings. The number of nitrogen functional groups attached to an aromatic ring is 1. The molecule has 0 radical (unpaired) electrons. The van der Waals surface area contributed by atoms with Gasteiger partial charge in [0.05, 0.1) is 5.69 Å². The molecule has 5 nitrogen and oxygen atoms in total. The molecule has 0 saturated heterocycles. The molecule has 0 atom stereocenters. The van der Waals surface area contributed by atoms with Gasteiger partial charge in [-0.3, -0.25) is 18.7 Å². The summed E-state index contributed by atoms with van der Waals surface area (Å²) in [6.07, 6.45) is 0.464. The summed E-state index contributed by atoms with van der Waals surface area (Å²) in [4.78, 5) is 24.0. The van der Waals surface area contributed by atoms with Crippen molar-refractivity contribution in [3.63, 3.8) is 0 Å². The molecule has 23 heavy (non-hydrogen) atoms. The van der Waals surface area contributed by atoms with Crippen molar-refractivity contribution in [3.05, 3.63) is 81.4 Å². The number of hydrogen-bond donors (Lipinski definition) is 1. The SMILES string of the molecule is Nc1c(C=O)c(=O)n(-c2ccccc2)c(=S)n1-c1ccccc1. The zero-order valence-electron chi connectivity index (χ0n) is 12.0. The van der Waals surface area contributed by atoms with E-state index in [2.05, 4.69) is 0 Å². The molecule has 6 heteroatoms. The fraction of sp³-hybridized carbons (Fsp3) is 0. The highest BCUT2D eigenvalue weighted by Crippen LogP contribution is 2.17.